The molecule has 0 amide bonds. The zero-order valence-electron chi connectivity index (χ0n) is 9.30. The van der Waals surface area contributed by atoms with Crippen LogP contribution in [0.3, 0.4) is 0 Å². The molecule has 1 aromatic carbocycles. The van der Waals surface area contributed by atoms with Crippen LogP contribution in [0.1, 0.15) is 24.1 Å². The second kappa shape index (κ2) is 5.37. The molecule has 0 aliphatic heterocycles. The lowest BCUT2D eigenvalue weighted by Gasteiger charge is -2.17. The first-order chi connectivity index (χ1) is 7.92. The van der Waals surface area contributed by atoms with Crippen LogP contribution in [-0.4, -0.2) is 16.5 Å². The topological polar surface area (TPSA) is 37.8 Å². The maximum absolute atomic E-state index is 4.06. The van der Waals surface area contributed by atoms with Crippen LogP contribution < -0.4 is 5.32 Å². The van der Waals surface area contributed by atoms with E-state index < -0.39 is 0 Å². The van der Waals surface area contributed by atoms with E-state index in [-0.39, 0.29) is 6.04 Å². The highest BCUT2D eigenvalue weighted by atomic mass is 14.9. The predicted octanol–water partition coefficient (Wildman–Crippen LogP) is 2.18. The summed E-state index contributed by atoms with van der Waals surface area (Å²) in [7, 11) is 0. The Morgan fingerprint density at radius 3 is 2.38 bits per heavy atom. The molecule has 1 unspecified atom stereocenters. The minimum atomic E-state index is 0.174. The molecule has 0 saturated carbocycles. The maximum Gasteiger partial charge on any atom is 0.115 e. The Labute approximate surface area is 95.6 Å². The summed E-state index contributed by atoms with van der Waals surface area (Å²) in [5.74, 6) is 0. The summed E-state index contributed by atoms with van der Waals surface area (Å²) in [6.07, 6.45) is 5.26. The summed E-state index contributed by atoms with van der Waals surface area (Å²) in [4.78, 5) is 8.12. The normalized spacial score (nSPS) is 12.3. The van der Waals surface area contributed by atoms with Crippen LogP contribution >= 0.6 is 0 Å². The van der Waals surface area contributed by atoms with E-state index in [1.54, 1.807) is 6.33 Å². The quantitative estimate of drug-likeness (QED) is 0.845. The molecule has 3 nitrogen and oxygen atoms in total. The minimum absolute atomic E-state index is 0.174. The van der Waals surface area contributed by atoms with Crippen molar-refractivity contribution in [2.75, 3.05) is 6.54 Å². The zero-order valence-corrected chi connectivity index (χ0v) is 9.30. The first-order valence-corrected chi connectivity index (χ1v) is 5.45. The third kappa shape index (κ3) is 2.44. The number of hydrogen-bond acceptors (Lipinski definition) is 3. The molecule has 2 aromatic rings. The maximum atomic E-state index is 4.06. The molecule has 0 aliphatic carbocycles. The molecule has 0 bridgehead atoms. The summed E-state index contributed by atoms with van der Waals surface area (Å²) >= 11 is 0. The van der Waals surface area contributed by atoms with Gasteiger partial charge in [-0.3, -0.25) is 0 Å². The van der Waals surface area contributed by atoms with Gasteiger partial charge in [-0.15, -0.1) is 0 Å². The molecular formula is C13H15N3. The number of aromatic nitrogens is 2. The van der Waals surface area contributed by atoms with E-state index in [1.807, 2.05) is 30.6 Å². The van der Waals surface area contributed by atoms with Crippen molar-refractivity contribution in [2.45, 2.75) is 13.0 Å². The molecule has 1 atom stereocenters. The Kier molecular flexibility index (Phi) is 3.62. The summed E-state index contributed by atoms with van der Waals surface area (Å²) in [6.45, 7) is 3.01. The van der Waals surface area contributed by atoms with Crippen molar-refractivity contribution in [3.8, 4) is 0 Å². The van der Waals surface area contributed by atoms with Gasteiger partial charge in [-0.25, -0.2) is 9.97 Å². The molecule has 1 N–H and O–H groups in total. The Hall–Kier alpha value is -1.74. The van der Waals surface area contributed by atoms with Gasteiger partial charge in [0, 0.05) is 18.0 Å². The van der Waals surface area contributed by atoms with Crippen LogP contribution in [-0.2, 0) is 0 Å². The van der Waals surface area contributed by atoms with Gasteiger partial charge in [0.15, 0.2) is 0 Å². The second-order valence-corrected chi connectivity index (χ2v) is 3.57. The van der Waals surface area contributed by atoms with Crippen LogP contribution in [0.2, 0.25) is 0 Å². The van der Waals surface area contributed by atoms with Gasteiger partial charge >= 0.3 is 0 Å². The molecule has 2 rings (SSSR count). The number of nitrogens with one attached hydrogen (secondary N) is 1. The Bertz CT molecular complexity index is 374. The van der Waals surface area contributed by atoms with Crippen LogP contribution in [0, 0.1) is 0 Å². The molecule has 3 heteroatoms. The number of nitrogens with zero attached hydrogens (tertiary/aromatic N) is 2. The van der Waals surface area contributed by atoms with E-state index >= 15 is 0 Å². The van der Waals surface area contributed by atoms with Crippen molar-refractivity contribution in [2.24, 2.45) is 0 Å². The van der Waals surface area contributed by atoms with Gasteiger partial charge in [0.1, 0.15) is 6.33 Å². The highest BCUT2D eigenvalue weighted by Gasteiger charge is 2.12. The standard InChI is InChI=1S/C13H15N3/c1-2-16-13(11-6-4-3-5-7-11)12-8-14-10-15-9-12/h3-10,13,16H,2H2,1H3. The Balaban J connectivity index is 2.31. The summed E-state index contributed by atoms with van der Waals surface area (Å²) in [5, 5.41) is 3.44. The van der Waals surface area contributed by atoms with E-state index in [1.165, 1.54) is 5.56 Å². The lowest BCUT2D eigenvalue weighted by Crippen LogP contribution is -2.22. The van der Waals surface area contributed by atoms with Crippen molar-refractivity contribution in [3.05, 3.63) is 60.2 Å². The number of hydrogen-bond donors (Lipinski definition) is 1. The first kappa shape index (κ1) is 10.8. The van der Waals surface area contributed by atoms with Gasteiger partial charge in [0.25, 0.3) is 0 Å². The highest BCUT2D eigenvalue weighted by Crippen LogP contribution is 2.19. The van der Waals surface area contributed by atoms with Gasteiger partial charge in [0.2, 0.25) is 0 Å². The lowest BCUT2D eigenvalue weighted by atomic mass is 10.0. The monoisotopic (exact) mass is 213 g/mol. The molecule has 82 valence electrons. The number of rotatable bonds is 4. The van der Waals surface area contributed by atoms with E-state index in [0.717, 1.165) is 12.1 Å². The van der Waals surface area contributed by atoms with Gasteiger partial charge in [-0.2, -0.15) is 0 Å². The molecular weight excluding hydrogens is 198 g/mol. The van der Waals surface area contributed by atoms with Gasteiger partial charge in [0.05, 0.1) is 6.04 Å². The third-order valence-electron chi connectivity index (χ3n) is 2.46. The summed E-state index contributed by atoms with van der Waals surface area (Å²) < 4.78 is 0. The second-order valence-electron chi connectivity index (χ2n) is 3.57. The van der Waals surface area contributed by atoms with E-state index in [2.05, 4.69) is 34.3 Å². The van der Waals surface area contributed by atoms with E-state index in [4.69, 9.17) is 0 Å². The van der Waals surface area contributed by atoms with Gasteiger partial charge in [-0.05, 0) is 12.1 Å². The molecule has 0 spiro atoms. The van der Waals surface area contributed by atoms with Crippen molar-refractivity contribution < 1.29 is 0 Å². The average molecular weight is 213 g/mol. The Morgan fingerprint density at radius 2 is 1.75 bits per heavy atom. The molecule has 0 aliphatic rings. The molecule has 0 fully saturated rings. The van der Waals surface area contributed by atoms with Crippen molar-refractivity contribution in [3.63, 3.8) is 0 Å². The van der Waals surface area contributed by atoms with Gasteiger partial charge < -0.3 is 5.32 Å². The highest BCUT2D eigenvalue weighted by molar-refractivity contribution is 5.28. The molecule has 16 heavy (non-hydrogen) atoms. The van der Waals surface area contributed by atoms with Crippen molar-refractivity contribution in [1.82, 2.24) is 15.3 Å². The van der Waals surface area contributed by atoms with Crippen LogP contribution in [0.15, 0.2) is 49.1 Å². The molecule has 1 aromatic heterocycles. The third-order valence-corrected chi connectivity index (χ3v) is 2.46. The smallest absolute Gasteiger partial charge is 0.115 e. The Morgan fingerprint density at radius 1 is 1.06 bits per heavy atom. The van der Waals surface area contributed by atoms with Gasteiger partial charge in [-0.1, -0.05) is 37.3 Å². The fourth-order valence-corrected chi connectivity index (χ4v) is 1.74. The van der Waals surface area contributed by atoms with Crippen LogP contribution in [0.4, 0.5) is 0 Å². The average Bonchev–Trinajstić information content (AvgIpc) is 2.38. The minimum Gasteiger partial charge on any atom is -0.306 e. The van der Waals surface area contributed by atoms with Crippen molar-refractivity contribution in [1.29, 1.82) is 0 Å². The zero-order chi connectivity index (χ0) is 11.2. The van der Waals surface area contributed by atoms with Crippen molar-refractivity contribution >= 4 is 0 Å². The largest absolute Gasteiger partial charge is 0.306 e. The SMILES string of the molecule is CCNC(c1ccccc1)c1cncnc1. The van der Waals surface area contributed by atoms with E-state index in [9.17, 15) is 0 Å². The fraction of sp³-hybridized carbons (Fsp3) is 0.231. The summed E-state index contributed by atoms with van der Waals surface area (Å²) in [6, 6.07) is 10.5. The lowest BCUT2D eigenvalue weighted by molar-refractivity contribution is 0.626. The molecule has 1 heterocycles. The van der Waals surface area contributed by atoms with E-state index in [0.29, 0.717) is 0 Å². The summed E-state index contributed by atoms with van der Waals surface area (Å²) in [5.41, 5.74) is 2.33. The molecule has 0 saturated heterocycles. The number of benzene rings is 1. The molecule has 0 radical (unpaired) electrons. The predicted molar refractivity (Wildman–Crippen MR) is 64.0 cm³/mol. The fourth-order valence-electron chi connectivity index (χ4n) is 1.74. The first-order valence-electron chi connectivity index (χ1n) is 5.45. The van der Waals surface area contributed by atoms with Crippen LogP contribution in [0.5, 0.6) is 0 Å². The van der Waals surface area contributed by atoms with Crippen LogP contribution in [0.25, 0.3) is 0 Å².